The van der Waals surface area contributed by atoms with E-state index in [-0.39, 0.29) is 0 Å². The van der Waals surface area contributed by atoms with E-state index in [1.54, 1.807) is 0 Å². The highest BCUT2D eigenvalue weighted by Crippen LogP contribution is 2.27. The summed E-state index contributed by atoms with van der Waals surface area (Å²) >= 11 is 0. The number of hydrogen-bond acceptors (Lipinski definition) is 2. The molecule has 1 heterocycles. The Morgan fingerprint density at radius 1 is 1.05 bits per heavy atom. The number of benzene rings is 1. The lowest BCUT2D eigenvalue weighted by Crippen LogP contribution is -2.33. The lowest BCUT2D eigenvalue weighted by Gasteiger charge is -2.27. The van der Waals surface area contributed by atoms with Gasteiger partial charge in [-0.2, -0.15) is 0 Å². The van der Waals surface area contributed by atoms with Gasteiger partial charge in [-0.05, 0) is 50.2 Å². The lowest BCUT2D eigenvalue weighted by molar-refractivity contribution is 0.189. The van der Waals surface area contributed by atoms with Gasteiger partial charge in [0, 0.05) is 31.2 Å². The Hall–Kier alpha value is -0.860. The minimum Gasteiger partial charge on any atom is -0.310 e. The molecule has 0 bridgehead atoms. The Kier molecular flexibility index (Phi) is 4.42. The van der Waals surface area contributed by atoms with Gasteiger partial charge in [0.2, 0.25) is 0 Å². The van der Waals surface area contributed by atoms with Crippen molar-refractivity contribution in [2.24, 2.45) is 0 Å². The fourth-order valence-electron chi connectivity index (χ4n) is 3.37. The molecule has 2 nitrogen and oxygen atoms in total. The molecule has 0 spiro atoms. The van der Waals surface area contributed by atoms with Gasteiger partial charge in [-0.3, -0.25) is 4.90 Å². The molecule has 1 aromatic carbocycles. The van der Waals surface area contributed by atoms with E-state index in [0.717, 1.165) is 31.2 Å². The molecule has 1 aliphatic carbocycles. The van der Waals surface area contributed by atoms with Crippen LogP contribution in [0.2, 0.25) is 0 Å². The van der Waals surface area contributed by atoms with Crippen molar-refractivity contribution in [3.8, 4) is 0 Å². The molecule has 0 amide bonds. The van der Waals surface area contributed by atoms with Gasteiger partial charge in [0.05, 0.1) is 0 Å². The number of rotatable bonds is 6. The molecule has 2 fully saturated rings. The molecular formula is C18H28N2. The van der Waals surface area contributed by atoms with Crippen molar-refractivity contribution >= 4 is 0 Å². The smallest absolute Gasteiger partial charge is 0.0239 e. The third-order valence-electron chi connectivity index (χ3n) is 4.98. The standard InChI is InChI=1S/C18H28N2/c1-3-18-11-4-14(2)20(18)13-16-7-5-15(6-8-16)12-19-17-9-10-17/h5-8,14,17-19H,3-4,9-13H2,1-2H3. The van der Waals surface area contributed by atoms with Gasteiger partial charge < -0.3 is 5.32 Å². The Morgan fingerprint density at radius 2 is 1.75 bits per heavy atom. The van der Waals surface area contributed by atoms with Crippen LogP contribution in [-0.4, -0.2) is 23.0 Å². The van der Waals surface area contributed by atoms with Crippen LogP contribution >= 0.6 is 0 Å². The molecule has 1 aromatic rings. The summed E-state index contributed by atoms with van der Waals surface area (Å²) in [5.74, 6) is 0. The summed E-state index contributed by atoms with van der Waals surface area (Å²) in [6.07, 6.45) is 6.75. The molecule has 110 valence electrons. The highest BCUT2D eigenvalue weighted by Gasteiger charge is 2.28. The minimum absolute atomic E-state index is 0.746. The Labute approximate surface area is 123 Å². The summed E-state index contributed by atoms with van der Waals surface area (Å²) in [4.78, 5) is 2.69. The van der Waals surface area contributed by atoms with Gasteiger partial charge >= 0.3 is 0 Å². The second-order valence-corrected chi connectivity index (χ2v) is 6.63. The van der Waals surface area contributed by atoms with E-state index in [1.165, 1.54) is 43.2 Å². The van der Waals surface area contributed by atoms with Crippen LogP contribution in [0.5, 0.6) is 0 Å². The third-order valence-corrected chi connectivity index (χ3v) is 4.98. The summed E-state index contributed by atoms with van der Waals surface area (Å²) in [5.41, 5.74) is 2.88. The van der Waals surface area contributed by atoms with Gasteiger partial charge in [-0.15, -0.1) is 0 Å². The largest absolute Gasteiger partial charge is 0.310 e. The zero-order valence-electron chi connectivity index (χ0n) is 12.9. The first kappa shape index (κ1) is 14.1. The maximum absolute atomic E-state index is 3.58. The first-order valence-corrected chi connectivity index (χ1v) is 8.33. The van der Waals surface area contributed by atoms with Crippen LogP contribution in [0, 0.1) is 0 Å². The second kappa shape index (κ2) is 6.28. The van der Waals surface area contributed by atoms with E-state index in [2.05, 4.69) is 48.3 Å². The molecule has 1 saturated carbocycles. The monoisotopic (exact) mass is 272 g/mol. The average Bonchev–Trinajstić information content (AvgIpc) is 3.24. The van der Waals surface area contributed by atoms with Crippen molar-refractivity contribution in [1.82, 2.24) is 10.2 Å². The van der Waals surface area contributed by atoms with E-state index < -0.39 is 0 Å². The molecule has 2 atom stereocenters. The molecule has 2 unspecified atom stereocenters. The third kappa shape index (κ3) is 3.42. The van der Waals surface area contributed by atoms with Crippen molar-refractivity contribution in [3.63, 3.8) is 0 Å². The van der Waals surface area contributed by atoms with E-state index in [9.17, 15) is 0 Å². The molecule has 1 N–H and O–H groups in total. The van der Waals surface area contributed by atoms with Crippen molar-refractivity contribution in [3.05, 3.63) is 35.4 Å². The molecule has 0 radical (unpaired) electrons. The maximum Gasteiger partial charge on any atom is 0.0239 e. The predicted octanol–water partition coefficient (Wildman–Crippen LogP) is 3.70. The summed E-state index contributed by atoms with van der Waals surface area (Å²) < 4.78 is 0. The second-order valence-electron chi connectivity index (χ2n) is 6.63. The van der Waals surface area contributed by atoms with Gasteiger partial charge in [-0.1, -0.05) is 31.2 Å². The van der Waals surface area contributed by atoms with Crippen molar-refractivity contribution in [2.45, 2.75) is 77.2 Å². The van der Waals surface area contributed by atoms with Gasteiger partial charge in [0.25, 0.3) is 0 Å². The highest BCUT2D eigenvalue weighted by molar-refractivity contribution is 5.23. The van der Waals surface area contributed by atoms with Crippen molar-refractivity contribution in [1.29, 1.82) is 0 Å². The van der Waals surface area contributed by atoms with Gasteiger partial charge in [0.15, 0.2) is 0 Å². The molecular weight excluding hydrogens is 244 g/mol. The maximum atomic E-state index is 3.58. The van der Waals surface area contributed by atoms with Crippen LogP contribution in [-0.2, 0) is 13.1 Å². The number of nitrogens with zero attached hydrogens (tertiary/aromatic N) is 1. The van der Waals surface area contributed by atoms with E-state index >= 15 is 0 Å². The first-order chi connectivity index (χ1) is 9.76. The van der Waals surface area contributed by atoms with Crippen LogP contribution in [0.1, 0.15) is 57.1 Å². The minimum atomic E-state index is 0.746. The summed E-state index contributed by atoms with van der Waals surface area (Å²) in [6.45, 7) is 6.85. The van der Waals surface area contributed by atoms with E-state index in [0.29, 0.717) is 0 Å². The van der Waals surface area contributed by atoms with Crippen LogP contribution < -0.4 is 5.32 Å². The van der Waals surface area contributed by atoms with E-state index in [4.69, 9.17) is 0 Å². The Balaban J connectivity index is 1.56. The molecule has 2 heteroatoms. The van der Waals surface area contributed by atoms with Crippen LogP contribution in [0.4, 0.5) is 0 Å². The quantitative estimate of drug-likeness (QED) is 0.849. The molecule has 3 rings (SSSR count). The summed E-state index contributed by atoms with van der Waals surface area (Å²) in [5, 5.41) is 3.58. The van der Waals surface area contributed by atoms with Crippen molar-refractivity contribution < 1.29 is 0 Å². The molecule has 2 aliphatic rings. The highest BCUT2D eigenvalue weighted by atomic mass is 15.2. The van der Waals surface area contributed by atoms with Crippen molar-refractivity contribution in [2.75, 3.05) is 0 Å². The zero-order valence-corrected chi connectivity index (χ0v) is 12.9. The summed E-state index contributed by atoms with van der Waals surface area (Å²) in [7, 11) is 0. The number of nitrogens with one attached hydrogen (secondary N) is 1. The SMILES string of the molecule is CCC1CCC(C)N1Cc1ccc(CNC2CC2)cc1. The number of hydrogen-bond donors (Lipinski definition) is 1. The Bertz CT molecular complexity index is 422. The Morgan fingerprint density at radius 3 is 2.40 bits per heavy atom. The first-order valence-electron chi connectivity index (χ1n) is 8.33. The molecule has 1 saturated heterocycles. The predicted molar refractivity (Wildman–Crippen MR) is 84.6 cm³/mol. The molecule has 20 heavy (non-hydrogen) atoms. The van der Waals surface area contributed by atoms with Gasteiger partial charge in [0.1, 0.15) is 0 Å². The number of likely N-dealkylation sites (tertiary alicyclic amines) is 1. The topological polar surface area (TPSA) is 15.3 Å². The van der Waals surface area contributed by atoms with Crippen LogP contribution in [0.15, 0.2) is 24.3 Å². The zero-order chi connectivity index (χ0) is 13.9. The molecule has 1 aliphatic heterocycles. The van der Waals surface area contributed by atoms with Gasteiger partial charge in [-0.25, -0.2) is 0 Å². The molecule has 0 aromatic heterocycles. The van der Waals surface area contributed by atoms with E-state index in [1.807, 2.05) is 0 Å². The van der Waals surface area contributed by atoms with Crippen LogP contribution in [0.3, 0.4) is 0 Å². The summed E-state index contributed by atoms with van der Waals surface area (Å²) in [6, 6.07) is 11.6. The van der Waals surface area contributed by atoms with Crippen LogP contribution in [0.25, 0.3) is 0 Å². The normalized spacial score (nSPS) is 27.1. The fourth-order valence-corrected chi connectivity index (χ4v) is 3.37. The lowest BCUT2D eigenvalue weighted by atomic mass is 10.1. The fraction of sp³-hybridized carbons (Fsp3) is 0.667. The average molecular weight is 272 g/mol.